The van der Waals surface area contributed by atoms with E-state index in [1.807, 2.05) is 0 Å². The largest absolute Gasteiger partial charge is 0.480 e. The zero-order valence-electron chi connectivity index (χ0n) is 9.10. The number of hydrogen-bond acceptors (Lipinski definition) is 4. The van der Waals surface area contributed by atoms with E-state index in [-0.39, 0.29) is 18.7 Å². The minimum atomic E-state index is -1.08. The average molecular weight is 218 g/mol. The number of rotatable bonds is 7. The van der Waals surface area contributed by atoms with Gasteiger partial charge in [0.15, 0.2) is 0 Å². The summed E-state index contributed by atoms with van der Waals surface area (Å²) < 4.78 is 4.81. The standard InChI is InChI=1S/C9H18N2O4/c1-11(5-6-15-2)8(12)4-3-7(10)9(13)14/h7H,3-6,10H2,1-2H3,(H,13,14). The number of methoxy groups -OCH3 is 1. The number of carboxylic acid groups (broad SMARTS) is 1. The fraction of sp³-hybridized carbons (Fsp3) is 0.778. The fourth-order valence-corrected chi connectivity index (χ4v) is 0.946. The van der Waals surface area contributed by atoms with Crippen molar-refractivity contribution in [1.29, 1.82) is 0 Å². The van der Waals surface area contributed by atoms with Crippen molar-refractivity contribution in [3.8, 4) is 0 Å². The summed E-state index contributed by atoms with van der Waals surface area (Å²) in [5, 5.41) is 8.51. The van der Waals surface area contributed by atoms with Gasteiger partial charge < -0.3 is 20.5 Å². The second-order valence-corrected chi connectivity index (χ2v) is 3.29. The van der Waals surface area contributed by atoms with E-state index in [9.17, 15) is 9.59 Å². The topological polar surface area (TPSA) is 92.9 Å². The highest BCUT2D eigenvalue weighted by atomic mass is 16.5. The van der Waals surface area contributed by atoms with Gasteiger partial charge >= 0.3 is 5.97 Å². The number of hydrogen-bond donors (Lipinski definition) is 2. The smallest absolute Gasteiger partial charge is 0.320 e. The van der Waals surface area contributed by atoms with Gasteiger partial charge in [-0.3, -0.25) is 9.59 Å². The molecule has 0 heterocycles. The summed E-state index contributed by atoms with van der Waals surface area (Å²) in [6.07, 6.45) is 0.305. The molecule has 1 unspecified atom stereocenters. The second-order valence-electron chi connectivity index (χ2n) is 3.29. The number of carboxylic acids is 1. The van der Waals surface area contributed by atoms with Crippen LogP contribution in [0.2, 0.25) is 0 Å². The van der Waals surface area contributed by atoms with E-state index in [0.717, 1.165) is 0 Å². The van der Waals surface area contributed by atoms with Crippen LogP contribution in [0.25, 0.3) is 0 Å². The maximum atomic E-state index is 11.4. The Morgan fingerprint density at radius 1 is 1.53 bits per heavy atom. The summed E-state index contributed by atoms with van der Waals surface area (Å²) in [5.74, 6) is -1.20. The molecule has 0 rings (SSSR count). The molecule has 1 amide bonds. The van der Waals surface area contributed by atoms with Crippen molar-refractivity contribution in [1.82, 2.24) is 4.90 Å². The first-order valence-electron chi connectivity index (χ1n) is 4.70. The zero-order valence-corrected chi connectivity index (χ0v) is 9.10. The molecule has 0 saturated heterocycles. The molecule has 1 atom stereocenters. The quantitative estimate of drug-likeness (QED) is 0.588. The van der Waals surface area contributed by atoms with E-state index < -0.39 is 12.0 Å². The lowest BCUT2D eigenvalue weighted by Crippen LogP contribution is -2.34. The summed E-state index contributed by atoms with van der Waals surface area (Å²) >= 11 is 0. The van der Waals surface area contributed by atoms with Crippen molar-refractivity contribution in [2.45, 2.75) is 18.9 Å². The molecule has 0 bridgehead atoms. The van der Waals surface area contributed by atoms with Crippen LogP contribution >= 0.6 is 0 Å². The van der Waals surface area contributed by atoms with Crippen molar-refractivity contribution in [2.24, 2.45) is 5.73 Å². The third-order valence-electron chi connectivity index (χ3n) is 2.04. The predicted molar refractivity (Wildman–Crippen MR) is 54.4 cm³/mol. The fourth-order valence-electron chi connectivity index (χ4n) is 0.946. The monoisotopic (exact) mass is 218 g/mol. The van der Waals surface area contributed by atoms with E-state index in [1.165, 1.54) is 4.90 Å². The lowest BCUT2D eigenvalue weighted by atomic mass is 10.1. The Kier molecular flexibility index (Phi) is 6.64. The number of nitrogens with zero attached hydrogens (tertiary/aromatic N) is 1. The van der Waals surface area contributed by atoms with Crippen molar-refractivity contribution < 1.29 is 19.4 Å². The SMILES string of the molecule is COCCN(C)C(=O)CCC(N)C(=O)O. The van der Waals surface area contributed by atoms with Gasteiger partial charge in [0.2, 0.25) is 5.91 Å². The van der Waals surface area contributed by atoms with Crippen molar-refractivity contribution in [2.75, 3.05) is 27.3 Å². The molecule has 0 spiro atoms. The molecule has 0 aliphatic heterocycles. The van der Waals surface area contributed by atoms with Gasteiger partial charge in [-0.25, -0.2) is 0 Å². The normalized spacial score (nSPS) is 12.2. The maximum absolute atomic E-state index is 11.4. The number of carbonyl (C=O) groups excluding carboxylic acids is 1. The van der Waals surface area contributed by atoms with Crippen LogP contribution in [0.5, 0.6) is 0 Å². The molecule has 6 heteroatoms. The summed E-state index contributed by atoms with van der Waals surface area (Å²) in [6, 6.07) is -0.968. The number of likely N-dealkylation sites (N-methyl/N-ethyl adjacent to an activating group) is 1. The number of ether oxygens (including phenoxy) is 1. The zero-order chi connectivity index (χ0) is 11.8. The molecule has 6 nitrogen and oxygen atoms in total. The lowest BCUT2D eigenvalue weighted by Gasteiger charge is -2.16. The van der Waals surface area contributed by atoms with Gasteiger partial charge in [-0.05, 0) is 6.42 Å². The van der Waals surface area contributed by atoms with E-state index >= 15 is 0 Å². The van der Waals surface area contributed by atoms with Crippen LogP contribution in [0, 0.1) is 0 Å². The Morgan fingerprint density at radius 2 is 2.13 bits per heavy atom. The first-order valence-corrected chi connectivity index (χ1v) is 4.70. The molecular weight excluding hydrogens is 200 g/mol. The molecule has 0 radical (unpaired) electrons. The number of carbonyl (C=O) groups is 2. The summed E-state index contributed by atoms with van der Waals surface area (Å²) in [4.78, 5) is 23.3. The Hall–Kier alpha value is -1.14. The molecule has 0 aliphatic carbocycles. The van der Waals surface area contributed by atoms with Gasteiger partial charge in [-0.1, -0.05) is 0 Å². The second kappa shape index (κ2) is 7.19. The van der Waals surface area contributed by atoms with Gasteiger partial charge in [0.1, 0.15) is 6.04 Å². The molecule has 0 aromatic heterocycles. The predicted octanol–water partition coefficient (Wildman–Crippen LogP) is -0.717. The number of aliphatic carboxylic acids is 1. The minimum absolute atomic E-state index is 0.122. The van der Waals surface area contributed by atoms with Crippen LogP contribution in [0.4, 0.5) is 0 Å². The average Bonchev–Trinajstić information content (AvgIpc) is 2.21. The van der Waals surface area contributed by atoms with Crippen LogP contribution in [0.3, 0.4) is 0 Å². The Morgan fingerprint density at radius 3 is 2.60 bits per heavy atom. The first kappa shape index (κ1) is 13.9. The van der Waals surface area contributed by atoms with Crippen LogP contribution < -0.4 is 5.73 Å². The molecular formula is C9H18N2O4. The molecule has 0 aromatic carbocycles. The van der Waals surface area contributed by atoms with Gasteiger partial charge in [0.05, 0.1) is 6.61 Å². The van der Waals surface area contributed by atoms with Gasteiger partial charge in [0, 0.05) is 27.1 Å². The maximum Gasteiger partial charge on any atom is 0.320 e. The Labute approximate surface area is 89.0 Å². The molecule has 3 N–H and O–H groups in total. The molecule has 15 heavy (non-hydrogen) atoms. The van der Waals surface area contributed by atoms with Crippen LogP contribution in [0.1, 0.15) is 12.8 Å². The van der Waals surface area contributed by atoms with Gasteiger partial charge in [0.25, 0.3) is 0 Å². The Bertz CT molecular complexity index is 220. The van der Waals surface area contributed by atoms with E-state index in [2.05, 4.69) is 0 Å². The van der Waals surface area contributed by atoms with Gasteiger partial charge in [-0.15, -0.1) is 0 Å². The number of amides is 1. The highest BCUT2D eigenvalue weighted by molar-refractivity contribution is 5.78. The Balaban J connectivity index is 3.77. The third kappa shape index (κ3) is 6.03. The minimum Gasteiger partial charge on any atom is -0.480 e. The summed E-state index contributed by atoms with van der Waals surface area (Å²) in [6.45, 7) is 0.963. The third-order valence-corrected chi connectivity index (χ3v) is 2.04. The van der Waals surface area contributed by atoms with Crippen LogP contribution in [-0.2, 0) is 14.3 Å². The van der Waals surface area contributed by atoms with Crippen molar-refractivity contribution in [3.63, 3.8) is 0 Å². The van der Waals surface area contributed by atoms with Crippen molar-refractivity contribution >= 4 is 11.9 Å². The molecule has 0 aliphatic rings. The highest BCUT2D eigenvalue weighted by Crippen LogP contribution is 1.99. The molecule has 0 saturated carbocycles. The van der Waals surface area contributed by atoms with Gasteiger partial charge in [-0.2, -0.15) is 0 Å². The first-order chi connectivity index (χ1) is 6.99. The molecule has 0 aromatic rings. The molecule has 0 fully saturated rings. The summed E-state index contributed by atoms with van der Waals surface area (Å²) in [5.41, 5.74) is 5.27. The van der Waals surface area contributed by atoms with E-state index in [4.69, 9.17) is 15.6 Å². The van der Waals surface area contributed by atoms with E-state index in [0.29, 0.717) is 13.2 Å². The van der Waals surface area contributed by atoms with Crippen LogP contribution in [-0.4, -0.2) is 55.2 Å². The van der Waals surface area contributed by atoms with E-state index in [1.54, 1.807) is 14.2 Å². The molecule has 88 valence electrons. The number of nitrogens with two attached hydrogens (primary N) is 1. The van der Waals surface area contributed by atoms with Crippen molar-refractivity contribution in [3.05, 3.63) is 0 Å². The highest BCUT2D eigenvalue weighted by Gasteiger charge is 2.15. The summed E-state index contributed by atoms with van der Waals surface area (Å²) in [7, 11) is 3.20. The van der Waals surface area contributed by atoms with Crippen LogP contribution in [0.15, 0.2) is 0 Å². The lowest BCUT2D eigenvalue weighted by molar-refractivity contribution is -0.139.